The summed E-state index contributed by atoms with van der Waals surface area (Å²) in [5.41, 5.74) is 0.849. The maximum absolute atomic E-state index is 10.6. The van der Waals surface area contributed by atoms with Gasteiger partial charge in [-0.2, -0.15) is 5.23 Å². The van der Waals surface area contributed by atoms with Crippen molar-refractivity contribution < 1.29 is 30.5 Å². The van der Waals surface area contributed by atoms with Gasteiger partial charge in [-0.25, -0.2) is 5.21 Å². The molecule has 96 valence electrons. The summed E-state index contributed by atoms with van der Waals surface area (Å²) in [6.07, 6.45) is -3.19. The third-order valence-corrected chi connectivity index (χ3v) is 2.06. The molecule has 7 nitrogen and oxygen atoms in total. The first-order chi connectivity index (χ1) is 7.99. The van der Waals surface area contributed by atoms with Gasteiger partial charge in [-0.05, 0) is 5.56 Å². The van der Waals surface area contributed by atoms with Gasteiger partial charge in [-0.15, -0.1) is 0 Å². The number of quaternary nitrogens is 1. The molecule has 2 atom stereocenters. The molecule has 0 saturated heterocycles. The molecule has 0 aliphatic heterocycles. The molecule has 0 fully saturated rings. The van der Waals surface area contributed by atoms with Crippen molar-refractivity contribution in [1.82, 2.24) is 0 Å². The lowest BCUT2D eigenvalue weighted by molar-refractivity contribution is -0.991. The highest BCUT2D eigenvalue weighted by Crippen LogP contribution is 2.08. The van der Waals surface area contributed by atoms with Crippen LogP contribution < -0.4 is 5.23 Å². The maximum Gasteiger partial charge on any atom is 0.163 e. The Hall–Kier alpha value is -1.06. The van der Waals surface area contributed by atoms with Crippen molar-refractivity contribution in [2.24, 2.45) is 0 Å². The summed E-state index contributed by atoms with van der Waals surface area (Å²) in [6, 6.07) is 5.97. The molecule has 5 N–H and O–H groups in total. The van der Waals surface area contributed by atoms with Gasteiger partial charge in [0.1, 0.15) is 0 Å². The molecule has 2 unspecified atom stereocenters. The topological polar surface area (TPSA) is 118 Å². The van der Waals surface area contributed by atoms with E-state index in [0.29, 0.717) is 5.56 Å². The van der Waals surface area contributed by atoms with E-state index in [0.717, 1.165) is 0 Å². The minimum Gasteiger partial charge on any atom is -0.595 e. The molecule has 0 bridgehead atoms. The van der Waals surface area contributed by atoms with Crippen LogP contribution >= 0.6 is 0 Å². The second-order valence-corrected chi connectivity index (χ2v) is 3.48. The van der Waals surface area contributed by atoms with Crippen LogP contribution in [0.4, 0.5) is 5.69 Å². The Morgan fingerprint density at radius 3 is 2.24 bits per heavy atom. The van der Waals surface area contributed by atoms with Gasteiger partial charge in [-0.1, -0.05) is 12.1 Å². The van der Waals surface area contributed by atoms with Crippen LogP contribution in [0.1, 0.15) is 12.0 Å². The molecule has 0 radical (unpaired) electrons. The van der Waals surface area contributed by atoms with Gasteiger partial charge in [-0.3, -0.25) is 0 Å². The van der Waals surface area contributed by atoms with Gasteiger partial charge in [0, 0.05) is 18.6 Å². The number of benzene rings is 1. The maximum atomic E-state index is 10.6. The van der Waals surface area contributed by atoms with Crippen LogP contribution in [-0.4, -0.2) is 33.1 Å². The molecule has 7 heteroatoms. The molecule has 0 amide bonds. The molecule has 0 saturated carbocycles. The number of ether oxygens (including phenoxy) is 1. The summed E-state index contributed by atoms with van der Waals surface area (Å²) in [6.45, 7) is 0.0633. The van der Waals surface area contributed by atoms with Crippen LogP contribution in [0.3, 0.4) is 0 Å². The van der Waals surface area contributed by atoms with Crippen molar-refractivity contribution in [2.45, 2.75) is 25.6 Å². The summed E-state index contributed by atoms with van der Waals surface area (Å²) < 4.78 is 4.93. The predicted octanol–water partition coefficient (Wildman–Crippen LogP) is -1.37. The first kappa shape index (κ1) is 14.0. The first-order valence-corrected chi connectivity index (χ1v) is 4.97. The lowest BCUT2D eigenvalue weighted by atomic mass is 10.2. The number of hydrogen-bond acceptors (Lipinski definition) is 6. The number of aliphatic hydroxyl groups excluding tert-OH is 2. The Morgan fingerprint density at radius 2 is 1.76 bits per heavy atom. The predicted molar refractivity (Wildman–Crippen MR) is 55.9 cm³/mol. The average Bonchev–Trinajstić information content (AvgIpc) is 2.26. The first-order valence-electron chi connectivity index (χ1n) is 4.97. The van der Waals surface area contributed by atoms with Gasteiger partial charge in [0.05, 0.1) is 6.61 Å². The smallest absolute Gasteiger partial charge is 0.163 e. The van der Waals surface area contributed by atoms with Crippen molar-refractivity contribution >= 4 is 5.69 Å². The number of hydrogen-bond donors (Lipinski definition) is 5. The molecule has 1 aromatic carbocycles. The quantitative estimate of drug-likeness (QED) is 0.311. The van der Waals surface area contributed by atoms with E-state index < -0.39 is 17.8 Å². The Labute approximate surface area is 97.6 Å². The summed E-state index contributed by atoms with van der Waals surface area (Å²) in [5, 5.41) is 44.5. The lowest BCUT2D eigenvalue weighted by Gasteiger charge is -2.14. The van der Waals surface area contributed by atoms with Crippen LogP contribution in [0.25, 0.3) is 0 Å². The summed E-state index contributed by atoms with van der Waals surface area (Å²) in [5.74, 6) is 0. The third-order valence-electron chi connectivity index (χ3n) is 2.06. The second-order valence-electron chi connectivity index (χ2n) is 3.48. The highest BCUT2D eigenvalue weighted by atomic mass is 16.8. The van der Waals surface area contributed by atoms with Crippen molar-refractivity contribution in [3.05, 3.63) is 35.0 Å². The van der Waals surface area contributed by atoms with E-state index in [1.807, 2.05) is 0 Å². The highest BCUT2D eigenvalue weighted by molar-refractivity contribution is 5.31. The molecular formula is C10H15NO6. The van der Waals surface area contributed by atoms with Crippen molar-refractivity contribution in [3.8, 4) is 0 Å². The van der Waals surface area contributed by atoms with Crippen LogP contribution in [-0.2, 0) is 11.3 Å². The highest BCUT2D eigenvalue weighted by Gasteiger charge is 2.09. The van der Waals surface area contributed by atoms with E-state index in [2.05, 4.69) is 0 Å². The molecule has 0 aliphatic carbocycles. The van der Waals surface area contributed by atoms with Crippen molar-refractivity contribution in [2.75, 3.05) is 0 Å². The van der Waals surface area contributed by atoms with E-state index in [1.165, 1.54) is 12.1 Å². The number of nitrogens with one attached hydrogen (secondary N) is 1. The zero-order valence-electron chi connectivity index (χ0n) is 8.98. The van der Waals surface area contributed by atoms with Gasteiger partial charge in [0.2, 0.25) is 0 Å². The average molecular weight is 245 g/mol. The van der Waals surface area contributed by atoms with Crippen molar-refractivity contribution in [1.29, 1.82) is 0 Å². The minimum atomic E-state index is -1.63. The van der Waals surface area contributed by atoms with Gasteiger partial charge < -0.3 is 25.3 Å². The lowest BCUT2D eigenvalue weighted by Crippen LogP contribution is -2.99. The molecular weight excluding hydrogens is 230 g/mol. The van der Waals surface area contributed by atoms with Gasteiger partial charge in [0.25, 0.3) is 0 Å². The van der Waals surface area contributed by atoms with Crippen LogP contribution in [0, 0.1) is 5.21 Å². The zero-order valence-corrected chi connectivity index (χ0v) is 8.98. The van der Waals surface area contributed by atoms with Crippen LogP contribution in [0.5, 0.6) is 0 Å². The Bertz CT molecular complexity index is 326. The fourth-order valence-electron chi connectivity index (χ4n) is 1.18. The molecule has 0 spiro atoms. The third kappa shape index (κ3) is 5.20. The summed E-state index contributed by atoms with van der Waals surface area (Å²) in [4.78, 5) is 0. The largest absolute Gasteiger partial charge is 0.595 e. The van der Waals surface area contributed by atoms with E-state index in [9.17, 15) is 10.3 Å². The molecule has 0 aliphatic rings. The van der Waals surface area contributed by atoms with E-state index in [4.69, 9.17) is 20.2 Å². The van der Waals surface area contributed by atoms with Crippen molar-refractivity contribution in [3.63, 3.8) is 0 Å². The summed E-state index contributed by atoms with van der Waals surface area (Å²) >= 11 is 0. The van der Waals surface area contributed by atoms with Gasteiger partial charge in [0.15, 0.2) is 18.3 Å². The van der Waals surface area contributed by atoms with Gasteiger partial charge >= 0.3 is 0 Å². The van der Waals surface area contributed by atoms with E-state index in [-0.39, 0.29) is 18.7 Å². The number of aliphatic hydroxyl groups is 3. The molecule has 1 aromatic rings. The fourth-order valence-corrected chi connectivity index (χ4v) is 1.18. The minimum absolute atomic E-state index is 0.0633. The monoisotopic (exact) mass is 245 g/mol. The van der Waals surface area contributed by atoms with E-state index in [1.54, 1.807) is 12.1 Å². The molecule has 0 heterocycles. The summed E-state index contributed by atoms with van der Waals surface area (Å²) in [7, 11) is 0. The fraction of sp³-hybridized carbons (Fsp3) is 0.400. The Morgan fingerprint density at radius 1 is 1.18 bits per heavy atom. The molecule has 1 rings (SSSR count). The Kier molecular flexibility index (Phi) is 5.45. The molecule has 17 heavy (non-hydrogen) atoms. The van der Waals surface area contributed by atoms with Crippen LogP contribution in [0.15, 0.2) is 24.3 Å². The normalized spacial score (nSPS) is 14.9. The second kappa shape index (κ2) is 6.62. The van der Waals surface area contributed by atoms with E-state index >= 15 is 0 Å². The Balaban J connectivity index is 2.42. The number of rotatable bonds is 6. The standard InChI is InChI=1S/C10H15NO6/c12-9(13)5-10(14)17-6-7-1-3-8(4-2-7)11(15)16/h1-4,9-15H,5-6H2. The van der Waals surface area contributed by atoms with Crippen LogP contribution in [0.2, 0.25) is 0 Å². The molecule has 0 aromatic heterocycles. The zero-order chi connectivity index (χ0) is 12.8. The SMILES string of the molecule is [O-][NH+](O)c1ccc(COC(O)CC(O)O)cc1.